The van der Waals surface area contributed by atoms with E-state index in [4.69, 9.17) is 19.3 Å². The van der Waals surface area contributed by atoms with Crippen LogP contribution < -0.4 is 5.32 Å². The monoisotopic (exact) mass is 1140 g/mol. The van der Waals surface area contributed by atoms with Crippen molar-refractivity contribution in [2.24, 2.45) is 34.0 Å². The summed E-state index contributed by atoms with van der Waals surface area (Å²) in [6.45, 7) is 26.2. The van der Waals surface area contributed by atoms with E-state index in [1.165, 1.54) is 68.4 Å². The summed E-state index contributed by atoms with van der Waals surface area (Å²) in [6.07, 6.45) is 5.18. The number of ether oxygens (including phenoxy) is 4. The highest BCUT2D eigenvalue weighted by molar-refractivity contribution is 5.91. The summed E-state index contributed by atoms with van der Waals surface area (Å²) in [7, 11) is 3.74. The standard InChI is InChI=1S/C19H32N2O5.C18H31NO6.C14H23NO6.C5H11N.2CH4/c1-19(2,3)14(11-16(23)20-8-6-5-7-9-20)17(24)21-12-13(22)10-15(21)18(25)26-4;1-17(2,3)12(9-14(21)25-18(4,5)6)15(22)19-10-11(20)8-13(19)16(23)24-7;1-14(2,3)9(6-11(17)18)12(19)15-7-8(16)5-10(15)13(20)21-4;1-2-4-6-5-3-1;;/h13-15,22H,5-12H2,1-4H3;11-13,20H,8-10H2,1-7H3;8-10,16H,5-7H2,1-4H3,(H,17,18);6H,1-5H2;2*1H4/t13-,14+,15-;11-,12+,13-;8-,9+,10-;;;/m000.../s1. The lowest BCUT2D eigenvalue weighted by Crippen LogP contribution is -2.49. The zero-order valence-corrected chi connectivity index (χ0v) is 49.5. The third-order valence-corrected chi connectivity index (χ3v) is 14.6. The van der Waals surface area contributed by atoms with Crippen molar-refractivity contribution in [1.29, 1.82) is 0 Å². The van der Waals surface area contributed by atoms with Crippen molar-refractivity contribution in [3.05, 3.63) is 0 Å². The van der Waals surface area contributed by atoms with E-state index in [2.05, 4.69) is 10.1 Å². The molecule has 22 heteroatoms. The molecule has 5 aliphatic heterocycles. The number of aliphatic carboxylic acids is 1. The predicted molar refractivity (Wildman–Crippen MR) is 301 cm³/mol. The third-order valence-electron chi connectivity index (χ3n) is 14.6. The number of methoxy groups -OCH3 is 3. The van der Waals surface area contributed by atoms with Gasteiger partial charge in [0, 0.05) is 58.4 Å². The van der Waals surface area contributed by atoms with Crippen molar-refractivity contribution in [3.63, 3.8) is 0 Å². The molecule has 0 radical (unpaired) electrons. The summed E-state index contributed by atoms with van der Waals surface area (Å²) >= 11 is 0. The van der Waals surface area contributed by atoms with Crippen LogP contribution in [0.4, 0.5) is 0 Å². The third kappa shape index (κ3) is 23.9. The van der Waals surface area contributed by atoms with E-state index in [0.29, 0.717) is 0 Å². The van der Waals surface area contributed by atoms with E-state index in [1.807, 2.05) is 46.4 Å². The molecule has 0 spiro atoms. The van der Waals surface area contributed by atoms with Crippen LogP contribution in [-0.4, -0.2) is 203 Å². The number of likely N-dealkylation sites (tertiary alicyclic amines) is 4. The van der Waals surface area contributed by atoms with Crippen LogP contribution in [-0.2, 0) is 62.1 Å². The first-order valence-electron chi connectivity index (χ1n) is 27.6. The normalized spacial score (nSPS) is 23.2. The quantitative estimate of drug-likeness (QED) is 0.127. The number of aliphatic hydroxyl groups excluding tert-OH is 3. The Morgan fingerprint density at radius 2 is 0.800 bits per heavy atom. The van der Waals surface area contributed by atoms with Crippen molar-refractivity contribution in [3.8, 4) is 0 Å². The van der Waals surface area contributed by atoms with Gasteiger partial charge in [-0.3, -0.25) is 28.8 Å². The van der Waals surface area contributed by atoms with Gasteiger partial charge in [-0.25, -0.2) is 14.4 Å². The Balaban J connectivity index is 0.00000110. The molecule has 5 fully saturated rings. The summed E-state index contributed by atoms with van der Waals surface area (Å²) < 4.78 is 19.5. The van der Waals surface area contributed by atoms with E-state index in [9.17, 15) is 58.5 Å². The van der Waals surface area contributed by atoms with Gasteiger partial charge >= 0.3 is 29.8 Å². The second kappa shape index (κ2) is 33.2. The number of carboxylic acid groups (broad SMARTS) is 1. The number of nitrogens with zero attached hydrogens (tertiary/aromatic N) is 4. The molecule has 5 saturated heterocycles. The average Bonchev–Trinajstić information content (AvgIpc) is 4.08. The fraction of sp³-hybridized carbons (Fsp3) is 0.845. The molecule has 464 valence electrons. The Hall–Kier alpha value is -4.93. The van der Waals surface area contributed by atoms with Crippen molar-refractivity contribution in [2.45, 2.75) is 217 Å². The fourth-order valence-corrected chi connectivity index (χ4v) is 10.1. The number of carbonyl (C=O) groups excluding carboxylic acids is 8. The number of esters is 4. The number of amides is 4. The Morgan fingerprint density at radius 3 is 1.06 bits per heavy atom. The van der Waals surface area contributed by atoms with E-state index in [1.54, 1.807) is 41.5 Å². The summed E-state index contributed by atoms with van der Waals surface area (Å²) in [6, 6.07) is -2.45. The molecule has 22 nitrogen and oxygen atoms in total. The van der Waals surface area contributed by atoms with Crippen LogP contribution in [0.15, 0.2) is 0 Å². The summed E-state index contributed by atoms with van der Waals surface area (Å²) in [5.74, 6) is -6.23. The second-order valence-corrected chi connectivity index (χ2v) is 25.4. The van der Waals surface area contributed by atoms with E-state index >= 15 is 0 Å². The lowest BCUT2D eigenvalue weighted by molar-refractivity contribution is -0.162. The molecule has 0 aromatic heterocycles. The first-order valence-corrected chi connectivity index (χ1v) is 27.6. The van der Waals surface area contributed by atoms with E-state index in [-0.39, 0.29) is 90.7 Å². The molecule has 80 heavy (non-hydrogen) atoms. The first-order chi connectivity index (χ1) is 36.0. The second-order valence-electron chi connectivity index (χ2n) is 25.4. The van der Waals surface area contributed by atoms with Gasteiger partial charge in [0.15, 0.2) is 0 Å². The van der Waals surface area contributed by atoms with Crippen LogP contribution in [0.25, 0.3) is 0 Å². The van der Waals surface area contributed by atoms with Crippen LogP contribution in [0.2, 0.25) is 0 Å². The van der Waals surface area contributed by atoms with Crippen LogP contribution in [0.3, 0.4) is 0 Å². The Bertz CT molecular complexity index is 2000. The van der Waals surface area contributed by atoms with Gasteiger partial charge < -0.3 is 64.3 Å². The van der Waals surface area contributed by atoms with Gasteiger partial charge in [0.1, 0.15) is 23.7 Å². The van der Waals surface area contributed by atoms with Crippen molar-refractivity contribution < 1.29 is 82.5 Å². The molecule has 5 N–H and O–H groups in total. The van der Waals surface area contributed by atoms with Crippen LogP contribution >= 0.6 is 0 Å². The molecule has 0 unspecified atom stereocenters. The van der Waals surface area contributed by atoms with Crippen LogP contribution in [0.1, 0.15) is 175 Å². The molecule has 9 atom stereocenters. The molecule has 0 bridgehead atoms. The van der Waals surface area contributed by atoms with Crippen molar-refractivity contribution in [1.82, 2.24) is 24.9 Å². The van der Waals surface area contributed by atoms with Gasteiger partial charge in [0.05, 0.1) is 70.2 Å². The zero-order chi connectivity index (χ0) is 59.7. The number of piperidine rings is 2. The molecular weight excluding hydrogens is 1040 g/mol. The maximum Gasteiger partial charge on any atom is 0.328 e. The highest BCUT2D eigenvalue weighted by atomic mass is 16.6. The topological polar surface area (TPSA) is 296 Å². The lowest BCUT2D eigenvalue weighted by Gasteiger charge is -2.36. The predicted octanol–water partition coefficient (Wildman–Crippen LogP) is 4.99. The van der Waals surface area contributed by atoms with Crippen molar-refractivity contribution >= 4 is 53.5 Å². The van der Waals surface area contributed by atoms with Gasteiger partial charge in [0.2, 0.25) is 23.6 Å². The molecular formula is C58H105N5O17. The minimum Gasteiger partial charge on any atom is -0.481 e. The SMILES string of the molecule is C.C.C1CCNCC1.COC(=O)[C@@H]1C[C@H](O)CN1C(=O)[C@@H](CC(=O)N1CCCCC1)C(C)(C)C.COC(=O)[C@@H]1C[C@H](O)CN1C(=O)[C@@H](CC(=O)O)C(C)(C)C.COC(=O)[C@@H]1C[C@H](O)CN1C(=O)[C@@H](CC(=O)OC(C)(C)C)C(C)(C)C. The number of carboxylic acids is 1. The Kier molecular flexibility index (Phi) is 31.2. The van der Waals surface area contributed by atoms with Crippen LogP contribution in [0, 0.1) is 34.0 Å². The fourth-order valence-electron chi connectivity index (χ4n) is 10.1. The highest BCUT2D eigenvalue weighted by Gasteiger charge is 2.48. The number of hydrogen-bond donors (Lipinski definition) is 5. The molecule has 5 heterocycles. The smallest absolute Gasteiger partial charge is 0.328 e. The largest absolute Gasteiger partial charge is 0.481 e. The summed E-state index contributed by atoms with van der Waals surface area (Å²) in [5, 5.41) is 41.8. The zero-order valence-electron chi connectivity index (χ0n) is 49.5. The van der Waals surface area contributed by atoms with Crippen molar-refractivity contribution in [2.75, 3.05) is 67.1 Å². The number of nitrogens with one attached hydrogen (secondary N) is 1. The highest BCUT2D eigenvalue weighted by Crippen LogP contribution is 2.37. The maximum atomic E-state index is 13.2. The molecule has 0 aromatic rings. The molecule has 5 aliphatic rings. The van der Waals surface area contributed by atoms with E-state index in [0.717, 1.165) is 32.4 Å². The average molecular weight is 1140 g/mol. The molecule has 5 rings (SSSR count). The van der Waals surface area contributed by atoms with E-state index < -0.39 is 112 Å². The van der Waals surface area contributed by atoms with Gasteiger partial charge in [-0.15, -0.1) is 0 Å². The lowest BCUT2D eigenvalue weighted by atomic mass is 9.77. The van der Waals surface area contributed by atoms with Crippen LogP contribution in [0.5, 0.6) is 0 Å². The minimum absolute atomic E-state index is 0. The van der Waals surface area contributed by atoms with Gasteiger partial charge in [-0.2, -0.15) is 0 Å². The van der Waals surface area contributed by atoms with Gasteiger partial charge in [-0.1, -0.05) is 83.6 Å². The number of rotatable bonds is 12. The Morgan fingerprint density at radius 1 is 0.487 bits per heavy atom. The molecule has 0 aromatic carbocycles. The van der Waals surface area contributed by atoms with Gasteiger partial charge in [0.25, 0.3) is 0 Å². The molecule has 4 amide bonds. The summed E-state index contributed by atoms with van der Waals surface area (Å²) in [5.41, 5.74) is -2.15. The van der Waals surface area contributed by atoms with Gasteiger partial charge in [-0.05, 0) is 82.2 Å². The number of aliphatic hydroxyl groups is 3. The molecule has 0 saturated carbocycles. The Labute approximate surface area is 477 Å². The number of β-amino-alcohol motifs (C(OH)–C–C–N with tert-alkyl or cyclic N) is 3. The number of hydrogen-bond acceptors (Lipinski definition) is 17. The number of carbonyl (C=O) groups is 9. The minimum atomic E-state index is -1.07. The molecule has 0 aliphatic carbocycles. The summed E-state index contributed by atoms with van der Waals surface area (Å²) in [4.78, 5) is 116. The first kappa shape index (κ1) is 75.1. The maximum absolute atomic E-state index is 13.2.